The highest BCUT2D eigenvalue weighted by Gasteiger charge is 2.11. The van der Waals surface area contributed by atoms with Crippen LogP contribution in [0, 0.1) is 0 Å². The van der Waals surface area contributed by atoms with Gasteiger partial charge in [0.05, 0.1) is 42.9 Å². The minimum Gasteiger partial charge on any atom is -0.388 e. The molecule has 0 radical (unpaired) electrons. The zero-order valence-corrected chi connectivity index (χ0v) is 10.6. The molecule has 0 aromatic rings. The lowest BCUT2D eigenvalue weighted by Crippen LogP contribution is -2.32. The molecule has 1 atom stereocenters. The van der Waals surface area contributed by atoms with Crippen molar-refractivity contribution >= 4 is 36.9 Å². The first-order chi connectivity index (χ1) is 7.20. The van der Waals surface area contributed by atoms with Gasteiger partial charge in [0.25, 0.3) is 0 Å². The summed E-state index contributed by atoms with van der Waals surface area (Å²) < 4.78 is 16.5. The summed E-state index contributed by atoms with van der Waals surface area (Å²) in [5.41, 5.74) is 0. The molecule has 0 amide bonds. The van der Waals surface area contributed by atoms with Crippen LogP contribution in [0.3, 0.4) is 0 Å². The molecule has 0 heterocycles. The average Bonchev–Trinajstić information content (AvgIpc) is 2.21. The molecule has 0 spiro atoms. The standard InChI is InChI=1S/C7H21B5O3/c1-2-13-3-7(4-14-5-11-8)15-6-12(9)10/h7,11H,2-6,8-10H2,1H3. The summed E-state index contributed by atoms with van der Waals surface area (Å²) in [7, 11) is 7.44. The molecule has 0 aliphatic carbocycles. The van der Waals surface area contributed by atoms with E-state index in [2.05, 4.69) is 23.2 Å². The molecule has 0 fully saturated rings. The maximum absolute atomic E-state index is 5.70. The van der Waals surface area contributed by atoms with E-state index in [1.54, 1.807) is 0 Å². The number of hydrogen-bond acceptors (Lipinski definition) is 3. The smallest absolute Gasteiger partial charge is 0.115 e. The minimum absolute atomic E-state index is 0.0823. The molecule has 0 aliphatic rings. The van der Waals surface area contributed by atoms with Crippen molar-refractivity contribution in [2.45, 2.75) is 13.0 Å². The quantitative estimate of drug-likeness (QED) is 0.277. The Balaban J connectivity index is 3.63. The SMILES string of the molecule is BBCOCC(COCC)OCB(B)B. The zero-order valence-electron chi connectivity index (χ0n) is 10.6. The summed E-state index contributed by atoms with van der Waals surface area (Å²) >= 11 is 0. The van der Waals surface area contributed by atoms with Gasteiger partial charge in [-0.2, -0.15) is 0 Å². The van der Waals surface area contributed by atoms with Crippen LogP contribution in [-0.4, -0.2) is 75.8 Å². The van der Waals surface area contributed by atoms with E-state index in [1.807, 2.05) is 6.92 Å². The fraction of sp³-hybridized carbons (Fsp3) is 1.00. The summed E-state index contributed by atoms with van der Waals surface area (Å²) in [4.78, 5) is 0. The van der Waals surface area contributed by atoms with Crippen LogP contribution < -0.4 is 0 Å². The largest absolute Gasteiger partial charge is 0.388 e. The van der Waals surface area contributed by atoms with Crippen LogP contribution in [0.4, 0.5) is 0 Å². The lowest BCUT2D eigenvalue weighted by Gasteiger charge is -2.18. The van der Waals surface area contributed by atoms with Gasteiger partial charge in [0.15, 0.2) is 0 Å². The second-order valence-corrected chi connectivity index (χ2v) is 4.08. The van der Waals surface area contributed by atoms with Crippen LogP contribution in [0.2, 0.25) is 0 Å². The zero-order chi connectivity index (χ0) is 11.5. The van der Waals surface area contributed by atoms with E-state index in [-0.39, 0.29) is 6.10 Å². The molecule has 0 aromatic heterocycles. The van der Waals surface area contributed by atoms with Crippen LogP contribution >= 0.6 is 0 Å². The first-order valence-electron chi connectivity index (χ1n) is 5.97. The molecule has 0 rings (SSSR count). The Morgan fingerprint density at radius 3 is 2.47 bits per heavy atom. The van der Waals surface area contributed by atoms with Crippen molar-refractivity contribution in [3.05, 3.63) is 0 Å². The molecule has 82 valence electrons. The van der Waals surface area contributed by atoms with E-state index in [1.165, 1.54) is 0 Å². The van der Waals surface area contributed by atoms with Crippen LogP contribution in [0.15, 0.2) is 0 Å². The maximum Gasteiger partial charge on any atom is 0.115 e. The van der Waals surface area contributed by atoms with Crippen molar-refractivity contribution in [3.63, 3.8) is 0 Å². The first-order valence-corrected chi connectivity index (χ1v) is 5.97. The van der Waals surface area contributed by atoms with Gasteiger partial charge in [0.2, 0.25) is 0 Å². The molecule has 1 unspecified atom stereocenters. The van der Waals surface area contributed by atoms with Gasteiger partial charge in [-0.05, 0) is 6.92 Å². The Bertz CT molecular complexity index is 138. The topological polar surface area (TPSA) is 27.7 Å². The van der Waals surface area contributed by atoms with Crippen molar-refractivity contribution in [1.82, 2.24) is 0 Å². The summed E-state index contributed by atoms with van der Waals surface area (Å²) in [5.74, 6) is 0. The molecule has 0 aliphatic heterocycles. The molecular formula is C7H21B5O3. The number of ether oxygens (including phenoxy) is 3. The fourth-order valence-corrected chi connectivity index (χ4v) is 1.08. The third kappa shape index (κ3) is 10.5. The highest BCUT2D eigenvalue weighted by molar-refractivity contribution is 7.29. The Morgan fingerprint density at radius 2 is 1.93 bits per heavy atom. The molecule has 0 saturated heterocycles. The lowest BCUT2D eigenvalue weighted by molar-refractivity contribution is -0.0380. The van der Waals surface area contributed by atoms with E-state index < -0.39 is 0 Å². The number of hydrogen-bond donors (Lipinski definition) is 0. The predicted octanol–water partition coefficient (Wildman–Crippen LogP) is -3.34. The lowest BCUT2D eigenvalue weighted by atomic mass is 9.20. The molecule has 15 heavy (non-hydrogen) atoms. The van der Waals surface area contributed by atoms with Crippen LogP contribution in [0.25, 0.3) is 0 Å². The molecular weight excluding hydrogens is 186 g/mol. The second kappa shape index (κ2) is 10.7. The van der Waals surface area contributed by atoms with E-state index >= 15 is 0 Å². The maximum atomic E-state index is 5.70. The Kier molecular flexibility index (Phi) is 10.9. The summed E-state index contributed by atoms with van der Waals surface area (Å²) in [6.45, 7) is 6.12. The molecule has 0 N–H and O–H groups in total. The molecule has 8 heteroatoms. The highest BCUT2D eigenvalue weighted by atomic mass is 16.6. The normalized spacial score (nSPS) is 12.3. The van der Waals surface area contributed by atoms with Crippen LogP contribution in [0.5, 0.6) is 0 Å². The monoisotopic (exact) mass is 208 g/mol. The van der Waals surface area contributed by atoms with Crippen LogP contribution in [0.1, 0.15) is 6.92 Å². The average molecular weight is 207 g/mol. The van der Waals surface area contributed by atoms with Crippen molar-refractivity contribution in [3.8, 4) is 0 Å². The van der Waals surface area contributed by atoms with Crippen molar-refractivity contribution in [2.75, 3.05) is 32.8 Å². The summed E-state index contributed by atoms with van der Waals surface area (Å²) in [5, 5.41) is 0. The third-order valence-corrected chi connectivity index (χ3v) is 1.83. The van der Waals surface area contributed by atoms with Crippen molar-refractivity contribution in [2.24, 2.45) is 0 Å². The van der Waals surface area contributed by atoms with Gasteiger partial charge in [-0.25, -0.2) is 0 Å². The Hall–Kier alpha value is 0.205. The van der Waals surface area contributed by atoms with E-state index in [0.717, 1.165) is 26.8 Å². The van der Waals surface area contributed by atoms with Gasteiger partial charge in [0, 0.05) is 19.6 Å². The van der Waals surface area contributed by atoms with Crippen LogP contribution in [-0.2, 0) is 14.2 Å². The fourth-order valence-electron chi connectivity index (χ4n) is 1.08. The Labute approximate surface area is 97.5 Å². The molecule has 0 saturated carbocycles. The van der Waals surface area contributed by atoms with Gasteiger partial charge in [-0.3, -0.25) is 0 Å². The Morgan fingerprint density at radius 1 is 1.27 bits per heavy atom. The van der Waals surface area contributed by atoms with E-state index in [4.69, 9.17) is 14.2 Å². The summed E-state index contributed by atoms with van der Waals surface area (Å²) in [6, 6.07) is 0. The first kappa shape index (κ1) is 15.2. The van der Waals surface area contributed by atoms with Crippen molar-refractivity contribution in [1.29, 1.82) is 0 Å². The van der Waals surface area contributed by atoms with Gasteiger partial charge in [0.1, 0.15) is 13.3 Å². The molecule has 0 bridgehead atoms. The highest BCUT2D eigenvalue weighted by Crippen LogP contribution is 1.95. The van der Waals surface area contributed by atoms with E-state index in [9.17, 15) is 0 Å². The van der Waals surface area contributed by atoms with Gasteiger partial charge in [-0.15, -0.1) is 0 Å². The third-order valence-electron chi connectivity index (χ3n) is 1.83. The predicted molar refractivity (Wildman–Crippen MR) is 75.6 cm³/mol. The molecule has 0 aromatic carbocycles. The van der Waals surface area contributed by atoms with E-state index in [0.29, 0.717) is 19.7 Å². The number of rotatable bonds is 10. The van der Waals surface area contributed by atoms with Crippen molar-refractivity contribution < 1.29 is 14.2 Å². The minimum atomic E-state index is 0.0823. The second-order valence-electron chi connectivity index (χ2n) is 4.08. The van der Waals surface area contributed by atoms with Gasteiger partial charge >= 0.3 is 0 Å². The molecule has 3 nitrogen and oxygen atoms in total. The van der Waals surface area contributed by atoms with Gasteiger partial charge < -0.3 is 14.2 Å². The van der Waals surface area contributed by atoms with Gasteiger partial charge in [-0.1, -0.05) is 0 Å². The summed E-state index contributed by atoms with van der Waals surface area (Å²) in [6.07, 6.45) is 0.0823.